The van der Waals surface area contributed by atoms with E-state index in [2.05, 4.69) is 15.3 Å². The van der Waals surface area contributed by atoms with Crippen molar-refractivity contribution in [2.45, 2.75) is 11.3 Å². The lowest BCUT2D eigenvalue weighted by Gasteiger charge is -2.18. The van der Waals surface area contributed by atoms with E-state index >= 15 is 0 Å². The second-order valence-corrected chi connectivity index (χ2v) is 9.71. The fourth-order valence-electron chi connectivity index (χ4n) is 3.59. The molecule has 1 amide bonds. The molecule has 2 N–H and O–H groups in total. The zero-order valence-electron chi connectivity index (χ0n) is 17.6. The number of H-pyrrole nitrogens is 1. The minimum Gasteiger partial charge on any atom is -0.486 e. The Morgan fingerprint density at radius 2 is 1.73 bits per heavy atom. The molecule has 9 heteroatoms. The molecule has 0 saturated carbocycles. The third-order valence-electron chi connectivity index (χ3n) is 5.30. The number of aromatic amines is 1. The highest BCUT2D eigenvalue weighted by Gasteiger charge is 2.20. The lowest BCUT2D eigenvalue weighted by Crippen LogP contribution is -2.18. The van der Waals surface area contributed by atoms with E-state index < -0.39 is 9.84 Å². The summed E-state index contributed by atoms with van der Waals surface area (Å²) in [5, 5.41) is 2.74. The number of aromatic nitrogens is 2. The van der Waals surface area contributed by atoms with Crippen LogP contribution in [0.15, 0.2) is 71.6 Å². The van der Waals surface area contributed by atoms with E-state index in [9.17, 15) is 13.2 Å². The molecule has 2 heterocycles. The molecule has 33 heavy (non-hydrogen) atoms. The lowest BCUT2D eigenvalue weighted by atomic mass is 10.2. The average molecular weight is 464 g/mol. The highest BCUT2D eigenvalue weighted by Crippen LogP contribution is 2.32. The van der Waals surface area contributed by atoms with Crippen LogP contribution in [0.25, 0.3) is 22.4 Å². The first kappa shape index (κ1) is 21.0. The van der Waals surface area contributed by atoms with Crippen LogP contribution in [0.2, 0.25) is 0 Å². The summed E-state index contributed by atoms with van der Waals surface area (Å²) in [6, 6.07) is 19.5. The van der Waals surface area contributed by atoms with Gasteiger partial charge in [-0.3, -0.25) is 4.79 Å². The molecule has 0 radical (unpaired) electrons. The third-order valence-corrected chi connectivity index (χ3v) is 7.02. The second kappa shape index (κ2) is 8.59. The van der Waals surface area contributed by atoms with Crippen LogP contribution in [0.4, 0.5) is 5.69 Å². The number of benzene rings is 3. The quantitative estimate of drug-likeness (QED) is 0.450. The average Bonchev–Trinajstić information content (AvgIpc) is 3.27. The maximum atomic E-state index is 12.7. The molecule has 0 aliphatic carbocycles. The van der Waals surface area contributed by atoms with Gasteiger partial charge in [0.1, 0.15) is 19.0 Å². The zero-order chi connectivity index (χ0) is 22.8. The van der Waals surface area contributed by atoms with Crippen LogP contribution in [0, 0.1) is 0 Å². The van der Waals surface area contributed by atoms with Crippen molar-refractivity contribution in [1.82, 2.24) is 9.97 Å². The molecule has 5 rings (SSSR count). The summed E-state index contributed by atoms with van der Waals surface area (Å²) in [7, 11) is -3.65. The number of anilines is 1. The summed E-state index contributed by atoms with van der Waals surface area (Å²) in [6.45, 7) is 0.798. The number of hydrogen-bond donors (Lipinski definition) is 2. The van der Waals surface area contributed by atoms with Gasteiger partial charge in [-0.2, -0.15) is 0 Å². The number of carbonyl (C=O) groups excluding carboxylic acids is 1. The van der Waals surface area contributed by atoms with E-state index in [1.807, 2.05) is 36.4 Å². The third kappa shape index (κ3) is 4.54. The van der Waals surface area contributed by atoms with E-state index in [0.29, 0.717) is 30.4 Å². The van der Waals surface area contributed by atoms with Crippen LogP contribution in [0.3, 0.4) is 0 Å². The predicted octanol–water partition coefficient (Wildman–Crippen LogP) is 3.80. The number of nitrogens with one attached hydrogen (secondary N) is 2. The van der Waals surface area contributed by atoms with Crippen molar-refractivity contribution < 1.29 is 22.7 Å². The molecule has 0 spiro atoms. The van der Waals surface area contributed by atoms with Crippen molar-refractivity contribution in [2.75, 3.05) is 24.3 Å². The summed E-state index contributed by atoms with van der Waals surface area (Å²) in [5.41, 5.74) is 3.29. The molecule has 3 aromatic carbocycles. The molecule has 1 aromatic heterocycles. The van der Waals surface area contributed by atoms with E-state index in [0.717, 1.165) is 22.4 Å². The Bertz CT molecular complexity index is 1400. The number of rotatable bonds is 6. The Hall–Kier alpha value is -3.85. The molecular formula is C24H21N3O5S. The van der Waals surface area contributed by atoms with Gasteiger partial charge >= 0.3 is 0 Å². The van der Waals surface area contributed by atoms with Crippen molar-refractivity contribution in [2.24, 2.45) is 0 Å². The van der Waals surface area contributed by atoms with Gasteiger partial charge in [-0.25, -0.2) is 13.4 Å². The van der Waals surface area contributed by atoms with Gasteiger partial charge < -0.3 is 19.8 Å². The fourth-order valence-corrected chi connectivity index (χ4v) is 4.84. The van der Waals surface area contributed by atoms with Gasteiger partial charge in [-0.1, -0.05) is 12.1 Å². The van der Waals surface area contributed by atoms with Crippen LogP contribution in [-0.2, 0) is 14.6 Å². The Morgan fingerprint density at radius 3 is 2.52 bits per heavy atom. The summed E-state index contributed by atoms with van der Waals surface area (Å²) in [4.78, 5) is 20.3. The Labute approximate surface area is 190 Å². The molecule has 4 aromatic rings. The number of para-hydroxylation sites is 2. The molecule has 8 nitrogen and oxygen atoms in total. The second-order valence-electron chi connectivity index (χ2n) is 7.60. The molecule has 0 saturated heterocycles. The zero-order valence-corrected chi connectivity index (χ0v) is 18.4. The molecule has 0 unspecified atom stereocenters. The minimum absolute atomic E-state index is 0.106. The van der Waals surface area contributed by atoms with Gasteiger partial charge in [0, 0.05) is 23.7 Å². The Morgan fingerprint density at radius 1 is 0.970 bits per heavy atom. The van der Waals surface area contributed by atoms with Crippen LogP contribution in [-0.4, -0.2) is 43.3 Å². The number of ether oxygens (including phenoxy) is 2. The number of hydrogen-bond acceptors (Lipinski definition) is 6. The van der Waals surface area contributed by atoms with E-state index in [-0.39, 0.29) is 23.0 Å². The number of amides is 1. The van der Waals surface area contributed by atoms with Gasteiger partial charge in [0.25, 0.3) is 0 Å². The lowest BCUT2D eigenvalue weighted by molar-refractivity contribution is -0.115. The summed E-state index contributed by atoms with van der Waals surface area (Å²) < 4.78 is 36.2. The van der Waals surface area contributed by atoms with E-state index in [1.165, 1.54) is 12.1 Å². The molecule has 0 bridgehead atoms. The van der Waals surface area contributed by atoms with E-state index in [4.69, 9.17) is 9.47 Å². The molecule has 0 atom stereocenters. The normalized spacial score (nSPS) is 13.1. The van der Waals surface area contributed by atoms with Gasteiger partial charge in [0.2, 0.25) is 5.91 Å². The van der Waals surface area contributed by atoms with Crippen LogP contribution in [0.5, 0.6) is 11.5 Å². The SMILES string of the molecule is O=C(CCS(=O)(=O)c1ccc2c(c1)OCCO2)Nc1ccc(-c2nc3ccccc3[nH]2)cc1. The van der Waals surface area contributed by atoms with Crippen LogP contribution < -0.4 is 14.8 Å². The predicted molar refractivity (Wildman–Crippen MR) is 124 cm³/mol. The first-order chi connectivity index (χ1) is 16.0. The summed E-state index contributed by atoms with van der Waals surface area (Å²) >= 11 is 0. The summed E-state index contributed by atoms with van der Waals surface area (Å²) in [6.07, 6.45) is -0.165. The number of nitrogens with zero attached hydrogens (tertiary/aromatic N) is 1. The maximum absolute atomic E-state index is 12.7. The maximum Gasteiger partial charge on any atom is 0.225 e. The largest absolute Gasteiger partial charge is 0.486 e. The fraction of sp³-hybridized carbons (Fsp3) is 0.167. The highest BCUT2D eigenvalue weighted by molar-refractivity contribution is 7.91. The Balaban J connectivity index is 1.21. The first-order valence-electron chi connectivity index (χ1n) is 10.5. The standard InChI is InChI=1S/C24H21N3O5S/c28-23(11-14-33(29,30)18-9-10-21-22(15-18)32-13-12-31-21)25-17-7-5-16(6-8-17)24-26-19-3-1-2-4-20(19)27-24/h1-10,15H,11-14H2,(H,25,28)(H,26,27). The van der Waals surface area contributed by atoms with Crippen LogP contribution in [0.1, 0.15) is 6.42 Å². The monoisotopic (exact) mass is 463 g/mol. The van der Waals surface area contributed by atoms with Crippen LogP contribution >= 0.6 is 0 Å². The van der Waals surface area contributed by atoms with Gasteiger partial charge in [-0.05, 0) is 48.5 Å². The highest BCUT2D eigenvalue weighted by atomic mass is 32.2. The van der Waals surface area contributed by atoms with Crippen molar-refractivity contribution in [3.05, 3.63) is 66.7 Å². The van der Waals surface area contributed by atoms with Crippen molar-refractivity contribution >= 4 is 32.5 Å². The first-order valence-corrected chi connectivity index (χ1v) is 12.1. The number of imidazole rings is 1. The molecular weight excluding hydrogens is 442 g/mol. The van der Waals surface area contributed by atoms with Crippen molar-refractivity contribution in [3.8, 4) is 22.9 Å². The minimum atomic E-state index is -3.65. The molecule has 1 aliphatic heterocycles. The van der Waals surface area contributed by atoms with Gasteiger partial charge in [0.05, 0.1) is 21.7 Å². The van der Waals surface area contributed by atoms with Gasteiger partial charge in [0.15, 0.2) is 21.3 Å². The number of carbonyl (C=O) groups is 1. The number of sulfone groups is 1. The van der Waals surface area contributed by atoms with Crippen molar-refractivity contribution in [3.63, 3.8) is 0 Å². The number of fused-ring (bicyclic) bond motifs is 2. The Kier molecular flexibility index (Phi) is 5.47. The molecule has 168 valence electrons. The molecule has 1 aliphatic rings. The van der Waals surface area contributed by atoms with Gasteiger partial charge in [-0.15, -0.1) is 0 Å². The van der Waals surface area contributed by atoms with E-state index in [1.54, 1.807) is 18.2 Å². The summed E-state index contributed by atoms with van der Waals surface area (Å²) in [5.74, 6) is 0.961. The van der Waals surface area contributed by atoms with Crippen molar-refractivity contribution in [1.29, 1.82) is 0 Å². The smallest absolute Gasteiger partial charge is 0.225 e. The topological polar surface area (TPSA) is 110 Å². The molecule has 0 fully saturated rings.